The van der Waals surface area contributed by atoms with Gasteiger partial charge in [-0.3, -0.25) is 9.59 Å². The van der Waals surface area contributed by atoms with Crippen molar-refractivity contribution in [3.8, 4) is 0 Å². The number of benzene rings is 2. The molecule has 0 saturated heterocycles. The fourth-order valence-electron chi connectivity index (χ4n) is 4.51. The number of hydrogen-bond donors (Lipinski definition) is 0. The van der Waals surface area contributed by atoms with Crippen LogP contribution in [0.4, 0.5) is 4.79 Å². The van der Waals surface area contributed by atoms with E-state index in [-0.39, 0.29) is 12.0 Å². The van der Waals surface area contributed by atoms with Crippen LogP contribution >= 0.6 is 11.6 Å². The maximum Gasteiger partial charge on any atom is 0.344 e. The second-order valence-corrected chi connectivity index (χ2v) is 10.3. The summed E-state index contributed by atoms with van der Waals surface area (Å²) in [5.74, 6) is -1.13. The molecule has 2 aromatic rings. The van der Waals surface area contributed by atoms with E-state index in [0.717, 1.165) is 11.1 Å². The predicted octanol–water partition coefficient (Wildman–Crippen LogP) is 5.64. The second kappa shape index (κ2) is 12.9. The normalized spacial score (nSPS) is 17.5. The number of aryl methyl sites for hydroxylation is 2. The minimum absolute atomic E-state index is 0.0455. The molecule has 1 heterocycles. The van der Waals surface area contributed by atoms with Gasteiger partial charge in [-0.2, -0.15) is 0 Å². The first-order chi connectivity index (χ1) is 17.6. The van der Waals surface area contributed by atoms with Crippen molar-refractivity contribution in [3.05, 3.63) is 70.2 Å². The quantitative estimate of drug-likeness (QED) is 0.376. The van der Waals surface area contributed by atoms with Crippen LogP contribution in [0, 0.1) is 12.8 Å². The van der Waals surface area contributed by atoms with E-state index in [4.69, 9.17) is 16.3 Å². The van der Waals surface area contributed by atoms with Crippen LogP contribution in [-0.4, -0.2) is 59.7 Å². The molecule has 198 valence electrons. The Morgan fingerprint density at radius 1 is 1.14 bits per heavy atom. The molecule has 0 saturated carbocycles. The molecular formula is C29H36ClN3O4. The van der Waals surface area contributed by atoms with Gasteiger partial charge in [0.15, 0.2) is 0 Å². The minimum Gasteiger partial charge on any atom is -0.462 e. The number of ether oxygens (including phenoxy) is 1. The Kier molecular flexibility index (Phi) is 9.86. The Balaban J connectivity index is 1.70. The fraction of sp³-hybridized carbons (Fsp3) is 0.448. The van der Waals surface area contributed by atoms with Crippen LogP contribution < -0.4 is 0 Å². The monoisotopic (exact) mass is 525 g/mol. The average Bonchev–Trinajstić information content (AvgIpc) is 2.83. The summed E-state index contributed by atoms with van der Waals surface area (Å²) in [4.78, 5) is 46.3. The van der Waals surface area contributed by atoms with Gasteiger partial charge in [-0.15, -0.1) is 0 Å². The van der Waals surface area contributed by atoms with Gasteiger partial charge >= 0.3 is 12.0 Å². The number of hydrogen-bond acceptors (Lipinski definition) is 4. The van der Waals surface area contributed by atoms with Crippen LogP contribution in [0.25, 0.3) is 0 Å². The van der Waals surface area contributed by atoms with Crippen LogP contribution in [0.5, 0.6) is 0 Å². The molecule has 7 nitrogen and oxygen atoms in total. The summed E-state index contributed by atoms with van der Waals surface area (Å²) in [5, 5.41) is 0.514. The highest BCUT2D eigenvalue weighted by Crippen LogP contribution is 2.36. The van der Waals surface area contributed by atoms with Crippen molar-refractivity contribution < 1.29 is 19.1 Å². The predicted molar refractivity (Wildman–Crippen MR) is 146 cm³/mol. The maximum absolute atomic E-state index is 13.1. The number of aliphatic imine (C=N–C) groups is 1. The molecule has 0 N–H and O–H groups in total. The first kappa shape index (κ1) is 28.4. The summed E-state index contributed by atoms with van der Waals surface area (Å²) >= 11 is 6.26. The van der Waals surface area contributed by atoms with Gasteiger partial charge in [0.05, 0.1) is 12.1 Å². The summed E-state index contributed by atoms with van der Waals surface area (Å²) in [7, 11) is 1.77. The fourth-order valence-corrected chi connectivity index (χ4v) is 4.71. The molecule has 2 aromatic carbocycles. The molecule has 2 atom stereocenters. The SMILES string of the molecule is CC1=NC(=O)N(CCCN(C)C(=O)CCc2ccc(C)cc2)C(c2cccc(Cl)c2)C1C(=O)OC(C)C. The van der Waals surface area contributed by atoms with Gasteiger partial charge in [-0.05, 0) is 63.8 Å². The topological polar surface area (TPSA) is 79.3 Å². The van der Waals surface area contributed by atoms with Gasteiger partial charge < -0.3 is 14.5 Å². The zero-order valence-electron chi connectivity index (χ0n) is 22.2. The third-order valence-electron chi connectivity index (χ3n) is 6.48. The molecule has 37 heavy (non-hydrogen) atoms. The van der Waals surface area contributed by atoms with Crippen LogP contribution in [0.2, 0.25) is 5.02 Å². The van der Waals surface area contributed by atoms with Crippen LogP contribution in [0.1, 0.15) is 56.3 Å². The van der Waals surface area contributed by atoms with Crippen molar-refractivity contribution in [3.63, 3.8) is 0 Å². The molecule has 0 bridgehead atoms. The van der Waals surface area contributed by atoms with E-state index >= 15 is 0 Å². The van der Waals surface area contributed by atoms with Crippen molar-refractivity contribution in [1.29, 1.82) is 0 Å². The Hall–Kier alpha value is -3.19. The number of rotatable bonds is 10. The molecule has 1 aliphatic rings. The number of carbonyl (C=O) groups excluding carboxylic acids is 3. The Morgan fingerprint density at radius 2 is 1.84 bits per heavy atom. The largest absolute Gasteiger partial charge is 0.462 e. The van der Waals surface area contributed by atoms with Crippen molar-refractivity contribution in [2.24, 2.45) is 10.9 Å². The van der Waals surface area contributed by atoms with Gasteiger partial charge in [0, 0.05) is 37.3 Å². The first-order valence-corrected chi connectivity index (χ1v) is 13.1. The van der Waals surface area contributed by atoms with E-state index in [1.807, 2.05) is 37.3 Å². The first-order valence-electron chi connectivity index (χ1n) is 12.7. The number of esters is 1. The van der Waals surface area contributed by atoms with Crippen LogP contribution in [-0.2, 0) is 20.7 Å². The highest BCUT2D eigenvalue weighted by molar-refractivity contribution is 6.30. The van der Waals surface area contributed by atoms with E-state index in [2.05, 4.69) is 4.99 Å². The molecule has 8 heteroatoms. The highest BCUT2D eigenvalue weighted by atomic mass is 35.5. The lowest BCUT2D eigenvalue weighted by Gasteiger charge is -2.39. The van der Waals surface area contributed by atoms with Crippen molar-refractivity contribution >= 4 is 35.2 Å². The van der Waals surface area contributed by atoms with Crippen LogP contribution in [0.15, 0.2) is 53.5 Å². The van der Waals surface area contributed by atoms with E-state index in [1.165, 1.54) is 5.56 Å². The zero-order chi connectivity index (χ0) is 27.1. The highest BCUT2D eigenvalue weighted by Gasteiger charge is 2.43. The Morgan fingerprint density at radius 3 is 2.49 bits per heavy atom. The number of nitrogens with zero attached hydrogens (tertiary/aromatic N) is 3. The molecule has 3 rings (SSSR count). The smallest absolute Gasteiger partial charge is 0.344 e. The summed E-state index contributed by atoms with van der Waals surface area (Å²) < 4.78 is 5.53. The molecule has 0 aromatic heterocycles. The summed E-state index contributed by atoms with van der Waals surface area (Å²) in [6, 6.07) is 14.3. The van der Waals surface area contributed by atoms with Crippen molar-refractivity contribution in [2.45, 2.75) is 59.1 Å². The lowest BCUT2D eigenvalue weighted by Crippen LogP contribution is -2.48. The average molecular weight is 526 g/mol. The zero-order valence-corrected chi connectivity index (χ0v) is 23.0. The molecule has 1 aliphatic heterocycles. The lowest BCUT2D eigenvalue weighted by molar-refractivity contribution is -0.151. The van der Waals surface area contributed by atoms with E-state index in [9.17, 15) is 14.4 Å². The Bertz CT molecular complexity index is 1150. The lowest BCUT2D eigenvalue weighted by atomic mass is 9.86. The van der Waals surface area contributed by atoms with E-state index in [1.54, 1.807) is 55.8 Å². The standard InChI is InChI=1S/C29H36ClN3O4/c1-19(2)37-28(35)26-21(4)31-29(36)33(27(26)23-8-6-9-24(30)18-23)17-7-16-32(5)25(34)15-14-22-12-10-20(3)11-13-22/h6,8-13,18-19,26-27H,7,14-17H2,1-5H3. The van der Waals surface area contributed by atoms with Gasteiger partial charge in [-0.1, -0.05) is 53.6 Å². The van der Waals surface area contributed by atoms with Gasteiger partial charge in [0.1, 0.15) is 5.92 Å². The molecule has 0 spiro atoms. The molecule has 0 fully saturated rings. The third-order valence-corrected chi connectivity index (χ3v) is 6.72. The number of amides is 3. The van der Waals surface area contributed by atoms with Gasteiger partial charge in [0.2, 0.25) is 5.91 Å². The number of carbonyl (C=O) groups is 3. The molecule has 0 aliphatic carbocycles. The number of urea groups is 1. The summed E-state index contributed by atoms with van der Waals surface area (Å²) in [5.41, 5.74) is 3.47. The molecule has 0 radical (unpaired) electrons. The van der Waals surface area contributed by atoms with E-state index < -0.39 is 24.0 Å². The van der Waals surface area contributed by atoms with Gasteiger partial charge in [0.25, 0.3) is 0 Å². The molecule has 3 amide bonds. The van der Waals surface area contributed by atoms with Crippen molar-refractivity contribution in [1.82, 2.24) is 9.80 Å². The number of halogens is 1. The summed E-state index contributed by atoms with van der Waals surface area (Å²) in [6.07, 6.45) is 1.33. The third kappa shape index (κ3) is 7.65. The summed E-state index contributed by atoms with van der Waals surface area (Å²) in [6.45, 7) is 8.09. The second-order valence-electron chi connectivity index (χ2n) is 9.85. The molecule has 2 unspecified atom stereocenters. The maximum atomic E-state index is 13.1. The Labute approximate surface area is 224 Å². The molecular weight excluding hydrogens is 490 g/mol. The minimum atomic E-state index is -0.743. The van der Waals surface area contributed by atoms with Gasteiger partial charge in [-0.25, -0.2) is 9.79 Å². The van der Waals surface area contributed by atoms with E-state index in [0.29, 0.717) is 43.1 Å². The van der Waals surface area contributed by atoms with Crippen molar-refractivity contribution in [2.75, 3.05) is 20.1 Å². The van der Waals surface area contributed by atoms with Crippen LogP contribution in [0.3, 0.4) is 0 Å².